The molecule has 48 valence electrons. The molecular formula is C6H13NS. The van der Waals surface area contributed by atoms with Crippen LogP contribution in [0.3, 0.4) is 0 Å². The van der Waals surface area contributed by atoms with E-state index in [0.29, 0.717) is 4.87 Å². The predicted octanol–water partition coefficient (Wildman–Crippen LogP) is 1.45. The van der Waals surface area contributed by atoms with Crippen LogP contribution in [0.15, 0.2) is 0 Å². The van der Waals surface area contributed by atoms with Crippen LogP contribution in [0.25, 0.3) is 0 Å². The minimum Gasteiger partial charge on any atom is -0.302 e. The average Bonchev–Trinajstić information content (AvgIpc) is 2.17. The molecule has 0 bridgehead atoms. The molecule has 1 rings (SSSR count). The summed E-state index contributed by atoms with van der Waals surface area (Å²) >= 11 is 2.03. The first-order valence-electron chi connectivity index (χ1n) is 3.16. The molecule has 0 amide bonds. The molecule has 0 aromatic carbocycles. The molecule has 0 aliphatic carbocycles. The Balaban J connectivity index is 2.40. The molecule has 2 heteroatoms. The Hall–Kier alpha value is 0.310. The van der Waals surface area contributed by atoms with Crippen molar-refractivity contribution in [2.24, 2.45) is 0 Å². The molecule has 0 aromatic rings. The van der Waals surface area contributed by atoms with Gasteiger partial charge in [-0.15, -0.1) is 11.8 Å². The van der Waals surface area contributed by atoms with E-state index >= 15 is 0 Å². The lowest BCUT2D eigenvalue weighted by atomic mass is 10.2. The van der Waals surface area contributed by atoms with Gasteiger partial charge in [0.2, 0.25) is 0 Å². The fraction of sp³-hybridized carbons (Fsp3) is 1.00. The second kappa shape index (κ2) is 2.28. The smallest absolute Gasteiger partial charge is 0.0614 e. The van der Waals surface area contributed by atoms with Gasteiger partial charge in [0.05, 0.1) is 4.87 Å². The third-order valence-electron chi connectivity index (χ3n) is 1.70. The van der Waals surface area contributed by atoms with Crippen LogP contribution in [0.2, 0.25) is 0 Å². The van der Waals surface area contributed by atoms with Crippen LogP contribution >= 0.6 is 11.8 Å². The minimum absolute atomic E-state index is 0.403. The van der Waals surface area contributed by atoms with Crippen LogP contribution in [0.4, 0.5) is 0 Å². The monoisotopic (exact) mass is 131 g/mol. The van der Waals surface area contributed by atoms with Gasteiger partial charge in [-0.25, -0.2) is 0 Å². The quantitative estimate of drug-likeness (QED) is 0.578. The van der Waals surface area contributed by atoms with E-state index in [-0.39, 0.29) is 0 Å². The van der Waals surface area contributed by atoms with Crippen molar-refractivity contribution in [2.45, 2.75) is 25.1 Å². The van der Waals surface area contributed by atoms with Gasteiger partial charge in [-0.1, -0.05) is 6.92 Å². The molecule has 1 saturated heterocycles. The number of hydrogen-bond acceptors (Lipinski definition) is 2. The third-order valence-corrected chi connectivity index (χ3v) is 3.17. The second-order valence-corrected chi connectivity index (χ2v) is 3.96. The van der Waals surface area contributed by atoms with Crippen LogP contribution in [0.1, 0.15) is 20.3 Å². The van der Waals surface area contributed by atoms with E-state index in [1.807, 2.05) is 11.8 Å². The maximum atomic E-state index is 3.45. The summed E-state index contributed by atoms with van der Waals surface area (Å²) in [7, 11) is 0. The van der Waals surface area contributed by atoms with Gasteiger partial charge >= 0.3 is 0 Å². The lowest BCUT2D eigenvalue weighted by molar-refractivity contribution is 0.529. The lowest BCUT2D eigenvalue weighted by Gasteiger charge is -2.20. The maximum absolute atomic E-state index is 3.45. The van der Waals surface area contributed by atoms with Gasteiger partial charge in [-0.2, -0.15) is 0 Å². The highest BCUT2D eigenvalue weighted by molar-refractivity contribution is 8.00. The van der Waals surface area contributed by atoms with Crippen LogP contribution in [0.5, 0.6) is 0 Å². The van der Waals surface area contributed by atoms with Crippen molar-refractivity contribution >= 4 is 11.8 Å². The van der Waals surface area contributed by atoms with E-state index in [9.17, 15) is 0 Å². The van der Waals surface area contributed by atoms with E-state index in [2.05, 4.69) is 19.2 Å². The Morgan fingerprint density at radius 2 is 2.50 bits per heavy atom. The summed E-state index contributed by atoms with van der Waals surface area (Å²) in [5.41, 5.74) is 0. The van der Waals surface area contributed by atoms with Crippen molar-refractivity contribution in [3.8, 4) is 0 Å². The highest BCUT2D eigenvalue weighted by Gasteiger charge is 2.25. The highest BCUT2D eigenvalue weighted by Crippen LogP contribution is 2.28. The molecule has 1 atom stereocenters. The fourth-order valence-electron chi connectivity index (χ4n) is 0.870. The first-order valence-corrected chi connectivity index (χ1v) is 4.14. The summed E-state index contributed by atoms with van der Waals surface area (Å²) in [5, 5.41) is 3.45. The molecule has 0 radical (unpaired) electrons. The molecule has 1 heterocycles. The van der Waals surface area contributed by atoms with Crippen molar-refractivity contribution in [1.82, 2.24) is 5.32 Å². The number of nitrogens with one attached hydrogen (secondary N) is 1. The molecule has 1 aliphatic rings. The fourth-order valence-corrected chi connectivity index (χ4v) is 1.93. The van der Waals surface area contributed by atoms with Gasteiger partial charge in [-0.3, -0.25) is 0 Å². The summed E-state index contributed by atoms with van der Waals surface area (Å²) in [6.07, 6.45) is 1.23. The van der Waals surface area contributed by atoms with E-state index in [1.54, 1.807) is 0 Å². The number of rotatable bonds is 1. The molecule has 0 saturated carbocycles. The largest absolute Gasteiger partial charge is 0.302 e. The molecule has 1 aliphatic heterocycles. The van der Waals surface area contributed by atoms with Gasteiger partial charge < -0.3 is 5.32 Å². The topological polar surface area (TPSA) is 12.0 Å². The van der Waals surface area contributed by atoms with Crippen LogP contribution in [-0.2, 0) is 0 Å². The molecule has 1 fully saturated rings. The Bertz CT molecular complexity index is 76.6. The third kappa shape index (κ3) is 1.17. The van der Waals surface area contributed by atoms with Crippen molar-refractivity contribution < 1.29 is 0 Å². The van der Waals surface area contributed by atoms with Gasteiger partial charge in [0.1, 0.15) is 0 Å². The van der Waals surface area contributed by atoms with Crippen molar-refractivity contribution in [2.75, 3.05) is 12.3 Å². The summed E-state index contributed by atoms with van der Waals surface area (Å²) in [5.74, 6) is 1.28. The summed E-state index contributed by atoms with van der Waals surface area (Å²) < 4.78 is 0. The first kappa shape index (κ1) is 6.43. The van der Waals surface area contributed by atoms with E-state index in [1.165, 1.54) is 18.7 Å². The van der Waals surface area contributed by atoms with Crippen LogP contribution in [-0.4, -0.2) is 17.2 Å². The molecule has 1 N–H and O–H groups in total. The zero-order valence-electron chi connectivity index (χ0n) is 5.53. The molecule has 1 unspecified atom stereocenters. The van der Waals surface area contributed by atoms with E-state index < -0.39 is 0 Å². The summed E-state index contributed by atoms with van der Waals surface area (Å²) in [6, 6.07) is 0. The van der Waals surface area contributed by atoms with Crippen molar-refractivity contribution in [1.29, 1.82) is 0 Å². The van der Waals surface area contributed by atoms with Crippen molar-refractivity contribution in [3.63, 3.8) is 0 Å². The zero-order chi connectivity index (χ0) is 6.04. The predicted molar refractivity (Wildman–Crippen MR) is 39.2 cm³/mol. The molecular weight excluding hydrogens is 118 g/mol. The standard InChI is InChI=1S/C6H13NS/c1-3-6(2)7-4-5-8-6/h7H,3-5H2,1-2H3. The Kier molecular flexibility index (Phi) is 1.83. The molecule has 8 heavy (non-hydrogen) atoms. The van der Waals surface area contributed by atoms with Crippen LogP contribution < -0.4 is 5.32 Å². The normalized spacial score (nSPS) is 38.2. The Labute approximate surface area is 55.2 Å². The second-order valence-electron chi connectivity index (χ2n) is 2.36. The summed E-state index contributed by atoms with van der Waals surface area (Å²) in [6.45, 7) is 5.69. The Morgan fingerprint density at radius 3 is 2.75 bits per heavy atom. The maximum Gasteiger partial charge on any atom is 0.0614 e. The highest BCUT2D eigenvalue weighted by atomic mass is 32.2. The van der Waals surface area contributed by atoms with Gasteiger partial charge in [-0.05, 0) is 13.3 Å². The lowest BCUT2D eigenvalue weighted by Crippen LogP contribution is -2.32. The molecule has 1 nitrogen and oxygen atoms in total. The molecule has 0 spiro atoms. The van der Waals surface area contributed by atoms with E-state index in [0.717, 1.165) is 0 Å². The van der Waals surface area contributed by atoms with Gasteiger partial charge in [0.15, 0.2) is 0 Å². The van der Waals surface area contributed by atoms with Gasteiger partial charge in [0.25, 0.3) is 0 Å². The van der Waals surface area contributed by atoms with Crippen molar-refractivity contribution in [3.05, 3.63) is 0 Å². The van der Waals surface area contributed by atoms with E-state index in [4.69, 9.17) is 0 Å². The SMILES string of the molecule is CCC1(C)NCCS1. The van der Waals surface area contributed by atoms with Gasteiger partial charge in [0, 0.05) is 12.3 Å². The molecule has 0 aromatic heterocycles. The number of hydrogen-bond donors (Lipinski definition) is 1. The Morgan fingerprint density at radius 1 is 1.75 bits per heavy atom. The zero-order valence-corrected chi connectivity index (χ0v) is 6.35. The number of thioether (sulfide) groups is 1. The minimum atomic E-state index is 0.403. The van der Waals surface area contributed by atoms with Crippen LogP contribution in [0, 0.1) is 0 Å². The average molecular weight is 131 g/mol. The first-order chi connectivity index (χ1) is 3.77. The summed E-state index contributed by atoms with van der Waals surface area (Å²) in [4.78, 5) is 0.403.